The number of rotatable bonds is 5. The van der Waals surface area contributed by atoms with Gasteiger partial charge in [0.25, 0.3) is 0 Å². The summed E-state index contributed by atoms with van der Waals surface area (Å²) in [5.41, 5.74) is 10.0. The lowest BCUT2D eigenvalue weighted by Gasteiger charge is -2.14. The third kappa shape index (κ3) is 5.54. The maximum Gasteiger partial charge on any atom is 0.238 e. The van der Waals surface area contributed by atoms with Crippen LogP contribution in [0.25, 0.3) is 136 Å². The van der Waals surface area contributed by atoms with E-state index < -0.39 is 0 Å². The molecule has 0 radical (unpaired) electrons. The van der Waals surface area contributed by atoms with Gasteiger partial charge in [-0.1, -0.05) is 170 Å². The maximum absolute atomic E-state index is 6.40. The van der Waals surface area contributed by atoms with Crippen molar-refractivity contribution < 1.29 is 4.42 Å². The van der Waals surface area contributed by atoms with Crippen LogP contribution in [0, 0.1) is 0 Å². The molecule has 10 aromatic carbocycles. The van der Waals surface area contributed by atoms with Crippen LogP contribution >= 0.6 is 11.3 Å². The first-order chi connectivity index (χ1) is 32.2. The monoisotopic (exact) mass is 846 g/mol. The highest BCUT2D eigenvalue weighted by Crippen LogP contribution is 2.46. The van der Waals surface area contributed by atoms with Crippen LogP contribution in [0.5, 0.6) is 0 Å². The summed E-state index contributed by atoms with van der Waals surface area (Å²) >= 11 is 1.85. The molecule has 0 spiro atoms. The Hall–Kier alpha value is -8.45. The maximum atomic E-state index is 6.40. The molecule has 0 aliphatic heterocycles. The van der Waals surface area contributed by atoms with Crippen molar-refractivity contribution in [2.24, 2.45) is 0 Å². The molecule has 0 unspecified atom stereocenters. The molecule has 302 valence electrons. The van der Waals surface area contributed by atoms with E-state index in [2.05, 4.69) is 174 Å². The largest absolute Gasteiger partial charge is 0.456 e. The zero-order chi connectivity index (χ0) is 42.6. The molecule has 14 aromatic rings. The van der Waals surface area contributed by atoms with Crippen LogP contribution in [0.3, 0.4) is 0 Å². The lowest BCUT2D eigenvalue weighted by Crippen LogP contribution is -2.07. The van der Waals surface area contributed by atoms with Crippen molar-refractivity contribution in [2.75, 3.05) is 0 Å². The van der Waals surface area contributed by atoms with Gasteiger partial charge >= 0.3 is 0 Å². The molecule has 0 saturated carbocycles. The third-order valence-electron chi connectivity index (χ3n) is 13.0. The molecule has 4 heterocycles. The summed E-state index contributed by atoms with van der Waals surface area (Å²) in [5, 5.41) is 11.7. The van der Waals surface area contributed by atoms with E-state index in [9.17, 15) is 0 Å². The molecule has 0 atom stereocenters. The predicted molar refractivity (Wildman–Crippen MR) is 271 cm³/mol. The molecule has 4 aromatic heterocycles. The van der Waals surface area contributed by atoms with E-state index in [4.69, 9.17) is 19.4 Å². The zero-order valence-electron chi connectivity index (χ0n) is 34.7. The Morgan fingerprint density at radius 3 is 1.78 bits per heavy atom. The summed E-state index contributed by atoms with van der Waals surface area (Å²) in [4.78, 5) is 16.1. The molecule has 0 aliphatic rings. The van der Waals surface area contributed by atoms with Crippen LogP contribution in [-0.2, 0) is 0 Å². The van der Waals surface area contributed by atoms with Crippen LogP contribution in [0.1, 0.15) is 0 Å². The smallest absolute Gasteiger partial charge is 0.238 e. The first-order valence-corrected chi connectivity index (χ1v) is 22.7. The summed E-state index contributed by atoms with van der Waals surface area (Å²) in [7, 11) is 0. The number of aromatic nitrogens is 4. The molecule has 0 aliphatic carbocycles. The second kappa shape index (κ2) is 14.0. The number of furan rings is 1. The Balaban J connectivity index is 1.07. The minimum Gasteiger partial charge on any atom is -0.456 e. The van der Waals surface area contributed by atoms with E-state index >= 15 is 0 Å². The van der Waals surface area contributed by atoms with E-state index in [-0.39, 0.29) is 0 Å². The SMILES string of the molecule is c1ccc(-c2nc(-c3ccc4c(c3)oc3ccccc34)nc(-n3c4c(-c5cccc(-c6ccc7c(c6)sc6ccccc67)c5)cccc4c4c5ccccc5c5ccccc5c43)n2)cc1. The minimum atomic E-state index is 0.540. The fourth-order valence-corrected chi connectivity index (χ4v) is 11.3. The predicted octanol–water partition coefficient (Wildman–Crippen LogP) is 16.2. The van der Waals surface area contributed by atoms with Gasteiger partial charge in [0.05, 0.1) is 11.0 Å². The van der Waals surface area contributed by atoms with Crippen molar-refractivity contribution in [1.82, 2.24) is 19.5 Å². The Bertz CT molecular complexity index is 4260. The normalized spacial score (nSPS) is 12.0. The Labute approximate surface area is 376 Å². The highest BCUT2D eigenvalue weighted by atomic mass is 32.1. The van der Waals surface area contributed by atoms with E-state index in [1.165, 1.54) is 41.9 Å². The van der Waals surface area contributed by atoms with Crippen molar-refractivity contribution in [3.8, 4) is 51.0 Å². The summed E-state index contributed by atoms with van der Waals surface area (Å²) in [6, 6.07) is 73.3. The van der Waals surface area contributed by atoms with Crippen molar-refractivity contribution >= 4 is 96.8 Å². The average molecular weight is 847 g/mol. The second-order valence-electron chi connectivity index (χ2n) is 16.7. The molecule has 65 heavy (non-hydrogen) atoms. The van der Waals surface area contributed by atoms with Gasteiger partial charge in [0.1, 0.15) is 11.2 Å². The van der Waals surface area contributed by atoms with Gasteiger partial charge in [-0.05, 0) is 69.2 Å². The average Bonchev–Trinajstić information content (AvgIpc) is 4.06. The number of hydrogen-bond donors (Lipinski definition) is 0. The van der Waals surface area contributed by atoms with Gasteiger partial charge in [0.2, 0.25) is 5.95 Å². The Morgan fingerprint density at radius 2 is 0.923 bits per heavy atom. The first-order valence-electron chi connectivity index (χ1n) is 21.8. The highest BCUT2D eigenvalue weighted by molar-refractivity contribution is 7.25. The van der Waals surface area contributed by atoms with Gasteiger partial charge < -0.3 is 4.42 Å². The van der Waals surface area contributed by atoms with E-state index in [1.54, 1.807) is 0 Å². The second-order valence-corrected chi connectivity index (χ2v) is 17.8. The van der Waals surface area contributed by atoms with Gasteiger partial charge in [0, 0.05) is 63.8 Å². The Kier molecular flexibility index (Phi) is 7.79. The number of benzene rings is 10. The lowest BCUT2D eigenvalue weighted by molar-refractivity contribution is 0.669. The molecule has 0 amide bonds. The number of nitrogens with zero attached hydrogens (tertiary/aromatic N) is 4. The van der Waals surface area contributed by atoms with Gasteiger partial charge in [-0.2, -0.15) is 9.97 Å². The fraction of sp³-hybridized carbons (Fsp3) is 0. The highest BCUT2D eigenvalue weighted by Gasteiger charge is 2.24. The molecule has 0 bridgehead atoms. The van der Waals surface area contributed by atoms with Gasteiger partial charge in [-0.3, -0.25) is 4.57 Å². The molecule has 0 fully saturated rings. The number of para-hydroxylation sites is 2. The first kappa shape index (κ1) is 36.1. The van der Waals surface area contributed by atoms with Crippen LogP contribution in [0.4, 0.5) is 0 Å². The molecular weight excluding hydrogens is 813 g/mol. The van der Waals surface area contributed by atoms with Crippen molar-refractivity contribution in [3.05, 3.63) is 206 Å². The standard InChI is InChI=1S/C59H34N4OS/c1-2-14-35(15-3-1)57-60-58(39-29-30-44-43-20-8-10-26-50(43)64-51(44)33-39)62-59(61-57)63-55-40(24-13-25-49(55)54-47-22-6-4-18-41(47)42-19-5-7-23-48(42)56(54)63)38-17-12-16-36(32-38)37-28-31-46-45-21-9-11-27-52(45)65-53(46)34-37/h1-34H. The molecule has 0 saturated heterocycles. The van der Waals surface area contributed by atoms with Crippen molar-refractivity contribution in [1.29, 1.82) is 0 Å². The topological polar surface area (TPSA) is 56.7 Å². The molecule has 6 heteroatoms. The number of fused-ring (bicyclic) bond motifs is 14. The molecule has 14 rings (SSSR count). The van der Waals surface area contributed by atoms with Crippen LogP contribution < -0.4 is 0 Å². The van der Waals surface area contributed by atoms with E-state index in [0.29, 0.717) is 17.6 Å². The van der Waals surface area contributed by atoms with Crippen molar-refractivity contribution in [2.45, 2.75) is 0 Å². The number of hydrogen-bond acceptors (Lipinski definition) is 5. The van der Waals surface area contributed by atoms with Crippen LogP contribution in [-0.4, -0.2) is 19.5 Å². The molecule has 5 nitrogen and oxygen atoms in total. The fourth-order valence-electron chi connectivity index (χ4n) is 10.1. The summed E-state index contributed by atoms with van der Waals surface area (Å²) in [6.07, 6.45) is 0. The van der Waals surface area contributed by atoms with Gasteiger partial charge in [-0.25, -0.2) is 4.98 Å². The minimum absolute atomic E-state index is 0.540. The molecule has 0 N–H and O–H groups in total. The van der Waals surface area contributed by atoms with Crippen molar-refractivity contribution in [3.63, 3.8) is 0 Å². The van der Waals surface area contributed by atoms with Gasteiger partial charge in [0.15, 0.2) is 11.6 Å². The quantitative estimate of drug-likeness (QED) is 0.162. The Morgan fingerprint density at radius 1 is 0.338 bits per heavy atom. The lowest BCUT2D eigenvalue weighted by atomic mass is 9.95. The summed E-state index contributed by atoms with van der Waals surface area (Å²) in [5.74, 6) is 1.69. The van der Waals surface area contributed by atoms with Gasteiger partial charge in [-0.15, -0.1) is 11.3 Å². The zero-order valence-corrected chi connectivity index (χ0v) is 35.6. The summed E-state index contributed by atoms with van der Waals surface area (Å²) < 4.78 is 11.3. The van der Waals surface area contributed by atoms with Crippen LogP contribution in [0.15, 0.2) is 211 Å². The summed E-state index contributed by atoms with van der Waals surface area (Å²) in [6.45, 7) is 0. The van der Waals surface area contributed by atoms with E-state index in [1.807, 2.05) is 47.7 Å². The number of thiophene rings is 1. The van der Waals surface area contributed by atoms with E-state index in [0.717, 1.165) is 76.9 Å². The molecular formula is C59H34N4OS. The van der Waals surface area contributed by atoms with Crippen LogP contribution in [0.2, 0.25) is 0 Å². The third-order valence-corrected chi connectivity index (χ3v) is 14.2.